The zero-order chi connectivity index (χ0) is 19.1. The second-order valence-corrected chi connectivity index (χ2v) is 5.28. The molecule has 0 unspecified atom stereocenters. The maximum Gasteiger partial charge on any atom is 0.343 e. The molecule has 25 heavy (non-hydrogen) atoms. The molecule has 0 aromatic heterocycles. The Balaban J connectivity index is 3.99. The first-order valence-corrected chi connectivity index (χ1v) is 7.95. The molecule has 0 bridgehead atoms. The number of ether oxygens (including phenoxy) is 2. The van der Waals surface area contributed by atoms with Crippen molar-refractivity contribution in [2.75, 3.05) is 14.2 Å². The lowest BCUT2D eigenvalue weighted by atomic mass is 9.87. The fourth-order valence-electron chi connectivity index (χ4n) is 2.99. The number of carboxylic acids is 2. The normalized spacial score (nSPS) is 10.1. The van der Waals surface area contributed by atoms with Crippen LogP contribution < -0.4 is 9.47 Å². The van der Waals surface area contributed by atoms with Crippen molar-refractivity contribution in [1.29, 1.82) is 0 Å². The smallest absolute Gasteiger partial charge is 0.343 e. The predicted molar refractivity (Wildman–Crippen MR) is 95.3 cm³/mol. The lowest BCUT2D eigenvalue weighted by Gasteiger charge is -2.21. The summed E-state index contributed by atoms with van der Waals surface area (Å²) in [6, 6.07) is 1.65. The number of hydrogen-bond acceptors (Lipinski definition) is 4. The Morgan fingerprint density at radius 1 is 1.12 bits per heavy atom. The summed E-state index contributed by atoms with van der Waals surface area (Å²) in [4.78, 5) is 23.0. The van der Waals surface area contributed by atoms with Crippen LogP contribution in [0, 0.1) is 0 Å². The average Bonchev–Trinajstić information content (AvgIpc) is 2.57. The molecule has 2 N–H and O–H groups in total. The van der Waals surface area contributed by atoms with Gasteiger partial charge in [0.15, 0.2) is 11.5 Å². The molecule has 0 aliphatic rings. The number of rotatable bonds is 9. The highest BCUT2D eigenvalue weighted by Gasteiger charge is 2.26. The summed E-state index contributed by atoms with van der Waals surface area (Å²) < 4.78 is 10.8. The zero-order valence-corrected chi connectivity index (χ0v) is 15.0. The fourth-order valence-corrected chi connectivity index (χ4v) is 2.99. The number of carbonyl (C=O) groups is 2. The van der Waals surface area contributed by atoms with Gasteiger partial charge in [0.05, 0.1) is 14.2 Å². The van der Waals surface area contributed by atoms with Crippen molar-refractivity contribution >= 4 is 17.5 Å². The molecule has 1 rings (SSSR count). The molecule has 1 aromatic carbocycles. The SMILES string of the molecule is C=CCc1c(CC)c(C(CC)=C(C(=O)O)C(=O)O)cc(OC)c1OC. The highest BCUT2D eigenvalue weighted by atomic mass is 16.5. The summed E-state index contributed by atoms with van der Waals surface area (Å²) >= 11 is 0. The molecule has 0 heterocycles. The van der Waals surface area contributed by atoms with Crippen molar-refractivity contribution < 1.29 is 29.3 Å². The second kappa shape index (κ2) is 8.92. The van der Waals surface area contributed by atoms with Crippen molar-refractivity contribution in [2.45, 2.75) is 33.1 Å². The van der Waals surface area contributed by atoms with Gasteiger partial charge in [-0.2, -0.15) is 0 Å². The monoisotopic (exact) mass is 348 g/mol. The Labute approximate surface area is 147 Å². The molecule has 0 amide bonds. The molecule has 0 atom stereocenters. The maximum absolute atomic E-state index is 11.5. The van der Waals surface area contributed by atoms with E-state index in [1.165, 1.54) is 14.2 Å². The van der Waals surface area contributed by atoms with E-state index in [0.29, 0.717) is 29.9 Å². The molecule has 0 radical (unpaired) electrons. The minimum atomic E-state index is -1.47. The molecule has 1 aromatic rings. The van der Waals surface area contributed by atoms with Crippen LogP contribution in [0.25, 0.3) is 5.57 Å². The first-order chi connectivity index (χ1) is 11.9. The van der Waals surface area contributed by atoms with Crippen molar-refractivity contribution in [3.05, 3.63) is 41.0 Å². The predicted octanol–water partition coefficient (Wildman–Crippen LogP) is 3.33. The standard InChI is InChI=1S/C19H24O6/c1-6-9-13-11(7-2)14(10-15(24-4)17(13)25-5)12(8-3)16(18(20)21)19(22)23/h6,10H,1,7-9H2,2-5H3,(H,20,21)(H,22,23). The molecular formula is C19H24O6. The quantitative estimate of drug-likeness (QED) is 0.308. The van der Waals surface area contributed by atoms with Gasteiger partial charge < -0.3 is 19.7 Å². The summed E-state index contributed by atoms with van der Waals surface area (Å²) in [6.45, 7) is 7.40. The van der Waals surface area contributed by atoms with Gasteiger partial charge in [-0.15, -0.1) is 6.58 Å². The number of allylic oxidation sites excluding steroid dienone is 2. The van der Waals surface area contributed by atoms with Crippen molar-refractivity contribution in [3.8, 4) is 11.5 Å². The van der Waals surface area contributed by atoms with Crippen molar-refractivity contribution in [3.63, 3.8) is 0 Å². The van der Waals surface area contributed by atoms with Gasteiger partial charge in [-0.25, -0.2) is 9.59 Å². The number of methoxy groups -OCH3 is 2. The largest absolute Gasteiger partial charge is 0.493 e. The van der Waals surface area contributed by atoms with Crippen LogP contribution in [0.15, 0.2) is 24.3 Å². The van der Waals surface area contributed by atoms with E-state index >= 15 is 0 Å². The van der Waals surface area contributed by atoms with Crippen molar-refractivity contribution in [2.24, 2.45) is 0 Å². The number of carboxylic acid groups (broad SMARTS) is 2. The lowest BCUT2D eigenvalue weighted by Crippen LogP contribution is -2.15. The van der Waals surface area contributed by atoms with E-state index in [1.54, 1.807) is 19.1 Å². The molecule has 0 spiro atoms. The highest BCUT2D eigenvalue weighted by molar-refractivity contribution is 6.18. The van der Waals surface area contributed by atoms with Crippen LogP contribution in [0.4, 0.5) is 0 Å². The van der Waals surface area contributed by atoms with Gasteiger partial charge in [-0.3, -0.25) is 0 Å². The molecule has 6 heteroatoms. The molecule has 0 fully saturated rings. The molecular weight excluding hydrogens is 324 g/mol. The zero-order valence-electron chi connectivity index (χ0n) is 15.0. The average molecular weight is 348 g/mol. The van der Waals surface area contributed by atoms with Crippen LogP contribution in [-0.2, 0) is 22.4 Å². The van der Waals surface area contributed by atoms with E-state index in [1.807, 2.05) is 6.92 Å². The van der Waals surface area contributed by atoms with E-state index in [9.17, 15) is 19.8 Å². The number of hydrogen-bond donors (Lipinski definition) is 2. The van der Waals surface area contributed by atoms with Crippen LogP contribution >= 0.6 is 0 Å². The summed E-state index contributed by atoms with van der Waals surface area (Å²) in [5, 5.41) is 18.7. The number of benzene rings is 1. The second-order valence-electron chi connectivity index (χ2n) is 5.28. The van der Waals surface area contributed by atoms with E-state index in [4.69, 9.17) is 9.47 Å². The van der Waals surface area contributed by atoms with Crippen molar-refractivity contribution in [1.82, 2.24) is 0 Å². The van der Waals surface area contributed by atoms with Crippen LogP contribution in [0.5, 0.6) is 11.5 Å². The Kier molecular flexibility index (Phi) is 7.23. The lowest BCUT2D eigenvalue weighted by molar-refractivity contribution is -0.140. The van der Waals surface area contributed by atoms with Gasteiger partial charge in [-0.05, 0) is 42.0 Å². The van der Waals surface area contributed by atoms with Gasteiger partial charge in [-0.1, -0.05) is 19.9 Å². The van der Waals surface area contributed by atoms with Gasteiger partial charge >= 0.3 is 11.9 Å². The van der Waals surface area contributed by atoms with Crippen LogP contribution in [0.3, 0.4) is 0 Å². The summed E-state index contributed by atoms with van der Waals surface area (Å²) in [5.74, 6) is -1.96. The fraction of sp³-hybridized carbons (Fsp3) is 0.368. The third kappa shape index (κ3) is 4.02. The highest BCUT2D eigenvalue weighted by Crippen LogP contribution is 2.40. The topological polar surface area (TPSA) is 93.1 Å². The van der Waals surface area contributed by atoms with Crippen LogP contribution in [0.2, 0.25) is 0 Å². The molecule has 0 aliphatic heterocycles. The van der Waals surface area contributed by atoms with Gasteiger partial charge in [0.1, 0.15) is 5.57 Å². The Hall–Kier alpha value is -2.76. The maximum atomic E-state index is 11.5. The Morgan fingerprint density at radius 2 is 1.72 bits per heavy atom. The summed E-state index contributed by atoms with van der Waals surface area (Å²) in [6.07, 6.45) is 3.03. The molecule has 6 nitrogen and oxygen atoms in total. The van der Waals surface area contributed by atoms with E-state index in [0.717, 1.165) is 11.1 Å². The summed E-state index contributed by atoms with van der Waals surface area (Å²) in [5.41, 5.74) is 1.82. The van der Waals surface area contributed by atoms with E-state index < -0.39 is 17.5 Å². The van der Waals surface area contributed by atoms with Crippen LogP contribution in [0.1, 0.15) is 37.0 Å². The Bertz CT molecular complexity index is 699. The third-order valence-corrected chi connectivity index (χ3v) is 4.00. The molecule has 0 saturated carbocycles. The summed E-state index contributed by atoms with van der Waals surface area (Å²) in [7, 11) is 3.01. The first kappa shape index (κ1) is 20.3. The first-order valence-electron chi connectivity index (χ1n) is 7.95. The number of aliphatic carboxylic acids is 2. The third-order valence-electron chi connectivity index (χ3n) is 4.00. The molecule has 0 aliphatic carbocycles. The minimum absolute atomic E-state index is 0.253. The Morgan fingerprint density at radius 3 is 2.08 bits per heavy atom. The van der Waals surface area contributed by atoms with Crippen LogP contribution in [-0.4, -0.2) is 36.4 Å². The van der Waals surface area contributed by atoms with E-state index in [-0.39, 0.29) is 12.0 Å². The van der Waals surface area contributed by atoms with Gasteiger partial charge in [0.2, 0.25) is 0 Å². The molecule has 136 valence electrons. The van der Waals surface area contributed by atoms with Gasteiger partial charge in [0, 0.05) is 5.56 Å². The molecule has 0 saturated heterocycles. The van der Waals surface area contributed by atoms with Gasteiger partial charge in [0.25, 0.3) is 0 Å². The van der Waals surface area contributed by atoms with E-state index in [2.05, 4.69) is 6.58 Å². The minimum Gasteiger partial charge on any atom is -0.493 e.